The standard InChI is InChI=1S/C15H17NO4/c17-14(12-5-7-20-9-12)16-6-1-2-10-8-11(15(18)19)3-4-13(10)16/h3-4,8,12H,1-2,5-7,9H2,(H,18,19). The third-order valence-electron chi connectivity index (χ3n) is 3.99. The summed E-state index contributed by atoms with van der Waals surface area (Å²) in [6, 6.07) is 5.01. The molecule has 1 N–H and O–H groups in total. The first kappa shape index (κ1) is 13.1. The van der Waals surface area contributed by atoms with E-state index in [-0.39, 0.29) is 17.4 Å². The predicted molar refractivity (Wildman–Crippen MR) is 73.0 cm³/mol. The lowest BCUT2D eigenvalue weighted by Gasteiger charge is -2.31. The summed E-state index contributed by atoms with van der Waals surface area (Å²) in [5.41, 5.74) is 2.09. The molecule has 106 valence electrons. The summed E-state index contributed by atoms with van der Waals surface area (Å²) in [7, 11) is 0. The fourth-order valence-corrected chi connectivity index (χ4v) is 2.91. The molecule has 1 saturated heterocycles. The number of aromatic carboxylic acids is 1. The van der Waals surface area contributed by atoms with Gasteiger partial charge < -0.3 is 14.7 Å². The number of anilines is 1. The number of carboxylic acids is 1. The first-order valence-corrected chi connectivity index (χ1v) is 6.92. The van der Waals surface area contributed by atoms with Gasteiger partial charge in [0.05, 0.1) is 18.1 Å². The van der Waals surface area contributed by atoms with E-state index in [2.05, 4.69) is 0 Å². The molecule has 1 amide bonds. The van der Waals surface area contributed by atoms with E-state index in [1.165, 1.54) is 0 Å². The molecular formula is C15H17NO4. The topological polar surface area (TPSA) is 66.8 Å². The maximum atomic E-state index is 12.5. The molecule has 0 saturated carbocycles. The minimum atomic E-state index is -0.930. The van der Waals surface area contributed by atoms with Gasteiger partial charge in [-0.1, -0.05) is 0 Å². The van der Waals surface area contributed by atoms with Gasteiger partial charge in [-0.25, -0.2) is 4.79 Å². The average molecular weight is 275 g/mol. The third kappa shape index (κ3) is 2.29. The smallest absolute Gasteiger partial charge is 0.335 e. The number of hydrogen-bond donors (Lipinski definition) is 1. The zero-order valence-corrected chi connectivity index (χ0v) is 11.2. The highest BCUT2D eigenvalue weighted by atomic mass is 16.5. The Bertz CT molecular complexity index is 549. The van der Waals surface area contributed by atoms with Crippen molar-refractivity contribution in [2.45, 2.75) is 19.3 Å². The van der Waals surface area contributed by atoms with Crippen LogP contribution in [0.2, 0.25) is 0 Å². The molecule has 1 fully saturated rings. The number of rotatable bonds is 2. The van der Waals surface area contributed by atoms with E-state index in [0.717, 1.165) is 30.5 Å². The second kappa shape index (κ2) is 5.25. The molecule has 0 aliphatic carbocycles. The largest absolute Gasteiger partial charge is 0.478 e. The van der Waals surface area contributed by atoms with Crippen LogP contribution in [-0.2, 0) is 16.0 Å². The van der Waals surface area contributed by atoms with Gasteiger partial charge in [-0.3, -0.25) is 4.79 Å². The number of fused-ring (bicyclic) bond motifs is 1. The van der Waals surface area contributed by atoms with E-state index >= 15 is 0 Å². The highest BCUT2D eigenvalue weighted by Crippen LogP contribution is 2.30. The lowest BCUT2D eigenvalue weighted by molar-refractivity contribution is -0.122. The molecule has 2 aliphatic heterocycles. The molecule has 20 heavy (non-hydrogen) atoms. The lowest BCUT2D eigenvalue weighted by atomic mass is 9.97. The Morgan fingerprint density at radius 2 is 2.20 bits per heavy atom. The Kier molecular flexibility index (Phi) is 3.44. The van der Waals surface area contributed by atoms with Crippen LogP contribution >= 0.6 is 0 Å². The molecule has 1 unspecified atom stereocenters. The molecule has 3 rings (SSSR count). The number of carbonyl (C=O) groups excluding carboxylic acids is 1. The van der Waals surface area contributed by atoms with Crippen LogP contribution in [0.5, 0.6) is 0 Å². The molecule has 0 spiro atoms. The summed E-state index contributed by atoms with van der Waals surface area (Å²) < 4.78 is 5.28. The van der Waals surface area contributed by atoms with Crippen molar-refractivity contribution < 1.29 is 19.4 Å². The second-order valence-corrected chi connectivity index (χ2v) is 5.30. The molecule has 0 aromatic heterocycles. The van der Waals surface area contributed by atoms with Crippen molar-refractivity contribution in [2.75, 3.05) is 24.7 Å². The maximum absolute atomic E-state index is 12.5. The molecule has 2 aliphatic rings. The van der Waals surface area contributed by atoms with Crippen LogP contribution in [0.15, 0.2) is 18.2 Å². The minimum Gasteiger partial charge on any atom is -0.478 e. The van der Waals surface area contributed by atoms with Crippen LogP contribution in [0.4, 0.5) is 5.69 Å². The van der Waals surface area contributed by atoms with E-state index < -0.39 is 5.97 Å². The molecule has 0 bridgehead atoms. The Morgan fingerprint density at radius 1 is 1.35 bits per heavy atom. The quantitative estimate of drug-likeness (QED) is 0.892. The second-order valence-electron chi connectivity index (χ2n) is 5.30. The summed E-state index contributed by atoms with van der Waals surface area (Å²) in [5.74, 6) is -0.882. The Hall–Kier alpha value is -1.88. The fourth-order valence-electron chi connectivity index (χ4n) is 2.91. The molecule has 0 radical (unpaired) electrons. The summed E-state index contributed by atoms with van der Waals surface area (Å²) in [6.45, 7) is 1.85. The molecule has 5 nitrogen and oxygen atoms in total. The van der Waals surface area contributed by atoms with E-state index in [4.69, 9.17) is 9.84 Å². The SMILES string of the molecule is O=C(O)c1ccc2c(c1)CCCN2C(=O)C1CCOC1. The van der Waals surface area contributed by atoms with Crippen LogP contribution in [0.1, 0.15) is 28.8 Å². The Morgan fingerprint density at radius 3 is 2.90 bits per heavy atom. The molecule has 1 atom stereocenters. The van der Waals surface area contributed by atoms with Crippen molar-refractivity contribution in [2.24, 2.45) is 5.92 Å². The van der Waals surface area contributed by atoms with Gasteiger partial charge in [0.2, 0.25) is 5.91 Å². The van der Waals surface area contributed by atoms with Crippen LogP contribution in [0.25, 0.3) is 0 Å². The van der Waals surface area contributed by atoms with Gasteiger partial charge in [0.1, 0.15) is 0 Å². The first-order chi connectivity index (χ1) is 9.66. The molecule has 5 heteroatoms. The number of benzene rings is 1. The summed E-state index contributed by atoms with van der Waals surface area (Å²) in [4.78, 5) is 25.3. The number of hydrogen-bond acceptors (Lipinski definition) is 3. The minimum absolute atomic E-state index is 0.0555. The van der Waals surface area contributed by atoms with Crippen molar-refractivity contribution in [3.63, 3.8) is 0 Å². The van der Waals surface area contributed by atoms with E-state index in [9.17, 15) is 9.59 Å². The zero-order valence-electron chi connectivity index (χ0n) is 11.2. The summed E-state index contributed by atoms with van der Waals surface area (Å²) >= 11 is 0. The van der Waals surface area contributed by atoms with Gasteiger partial charge in [0.15, 0.2) is 0 Å². The van der Waals surface area contributed by atoms with Gasteiger partial charge in [-0.05, 0) is 43.0 Å². The highest BCUT2D eigenvalue weighted by Gasteiger charge is 2.31. The van der Waals surface area contributed by atoms with Crippen molar-refractivity contribution in [1.29, 1.82) is 0 Å². The Labute approximate surface area is 117 Å². The monoisotopic (exact) mass is 275 g/mol. The average Bonchev–Trinajstić information content (AvgIpc) is 2.99. The summed E-state index contributed by atoms with van der Waals surface area (Å²) in [6.07, 6.45) is 2.47. The molecular weight excluding hydrogens is 258 g/mol. The zero-order chi connectivity index (χ0) is 14.1. The first-order valence-electron chi connectivity index (χ1n) is 6.92. The van der Waals surface area contributed by atoms with Crippen molar-refractivity contribution in [3.05, 3.63) is 29.3 Å². The molecule has 2 heterocycles. The van der Waals surface area contributed by atoms with Gasteiger partial charge in [-0.15, -0.1) is 0 Å². The van der Waals surface area contributed by atoms with Crippen molar-refractivity contribution in [3.8, 4) is 0 Å². The number of carboxylic acid groups (broad SMARTS) is 1. The van der Waals surface area contributed by atoms with Gasteiger partial charge in [0, 0.05) is 18.8 Å². The van der Waals surface area contributed by atoms with Crippen LogP contribution in [0, 0.1) is 5.92 Å². The predicted octanol–water partition coefficient (Wildman–Crippen LogP) is 1.70. The number of nitrogens with zero attached hydrogens (tertiary/aromatic N) is 1. The van der Waals surface area contributed by atoms with Gasteiger partial charge >= 0.3 is 5.97 Å². The molecule has 1 aromatic carbocycles. The fraction of sp³-hybridized carbons (Fsp3) is 0.467. The number of carbonyl (C=O) groups is 2. The van der Waals surface area contributed by atoms with Crippen molar-refractivity contribution in [1.82, 2.24) is 0 Å². The van der Waals surface area contributed by atoms with Crippen LogP contribution < -0.4 is 4.90 Å². The highest BCUT2D eigenvalue weighted by molar-refractivity contribution is 5.97. The van der Waals surface area contributed by atoms with E-state index in [1.54, 1.807) is 23.1 Å². The maximum Gasteiger partial charge on any atom is 0.335 e. The van der Waals surface area contributed by atoms with Crippen LogP contribution in [-0.4, -0.2) is 36.7 Å². The van der Waals surface area contributed by atoms with Gasteiger partial charge in [-0.2, -0.15) is 0 Å². The van der Waals surface area contributed by atoms with Crippen LogP contribution in [0.3, 0.4) is 0 Å². The Balaban J connectivity index is 1.89. The van der Waals surface area contributed by atoms with E-state index in [0.29, 0.717) is 19.8 Å². The lowest BCUT2D eigenvalue weighted by Crippen LogP contribution is -2.40. The third-order valence-corrected chi connectivity index (χ3v) is 3.99. The number of ether oxygens (including phenoxy) is 1. The van der Waals surface area contributed by atoms with Crippen molar-refractivity contribution >= 4 is 17.6 Å². The summed E-state index contributed by atoms with van der Waals surface area (Å²) in [5, 5.41) is 9.04. The molecule has 1 aromatic rings. The van der Waals surface area contributed by atoms with Gasteiger partial charge in [0.25, 0.3) is 0 Å². The number of amides is 1. The number of aryl methyl sites for hydroxylation is 1. The normalized spacial score (nSPS) is 21.6. The van der Waals surface area contributed by atoms with E-state index in [1.807, 2.05) is 0 Å².